The van der Waals surface area contributed by atoms with E-state index < -0.39 is 17.1 Å². The summed E-state index contributed by atoms with van der Waals surface area (Å²) < 4.78 is 5.94. The van der Waals surface area contributed by atoms with E-state index in [9.17, 15) is 15.0 Å². The van der Waals surface area contributed by atoms with E-state index in [1.165, 1.54) is 0 Å². The van der Waals surface area contributed by atoms with E-state index in [-0.39, 0.29) is 34.6 Å². The minimum atomic E-state index is -0.954. The quantitative estimate of drug-likeness (QED) is 0.709. The van der Waals surface area contributed by atoms with Gasteiger partial charge in [0.2, 0.25) is 0 Å². The first-order valence-corrected chi connectivity index (χ1v) is 7.96. The number of hydrogen-bond donors (Lipinski definition) is 2. The number of piperidine rings is 1. The Hall–Kier alpha value is -1.11. The highest BCUT2D eigenvalue weighted by Gasteiger charge is 2.72. The number of carbonyl (C=O) groups is 1. The number of Topliss-reactive ketones (excluding diaryl/α,β-unsaturated/α-hetero) is 1. The summed E-state index contributed by atoms with van der Waals surface area (Å²) in [7, 11) is 2.04. The predicted octanol–water partition coefficient (Wildman–Crippen LogP) is 1.32. The normalized spacial score (nSPS) is 40.2. The van der Waals surface area contributed by atoms with E-state index >= 15 is 0 Å². The maximum absolute atomic E-state index is 12.5. The van der Waals surface area contributed by atoms with E-state index in [1.54, 1.807) is 6.07 Å². The molecule has 1 saturated heterocycles. The zero-order valence-corrected chi connectivity index (χ0v) is 14.6. The molecule has 0 radical (unpaired) electrons. The van der Waals surface area contributed by atoms with Gasteiger partial charge < -0.3 is 19.8 Å². The number of hydrogen-bond acceptors (Lipinski definition) is 5. The predicted molar refractivity (Wildman–Crippen MR) is 88.5 cm³/mol. The van der Waals surface area contributed by atoms with Crippen molar-refractivity contribution in [3.8, 4) is 11.5 Å². The fraction of sp³-hybridized carbons (Fsp3) is 0.588. The van der Waals surface area contributed by atoms with Gasteiger partial charge in [-0.25, -0.2) is 0 Å². The highest BCUT2D eigenvalue weighted by atomic mass is 79.9. The van der Waals surface area contributed by atoms with Crippen molar-refractivity contribution in [2.45, 2.75) is 48.8 Å². The number of halogens is 1. The lowest BCUT2D eigenvalue weighted by Gasteiger charge is -2.61. The second kappa shape index (κ2) is 4.49. The fourth-order valence-corrected chi connectivity index (χ4v) is 5.54. The second-order valence-electron chi connectivity index (χ2n) is 7.26. The molecule has 2 bridgehead atoms. The zero-order valence-electron chi connectivity index (χ0n) is 12.9. The van der Waals surface area contributed by atoms with Crippen molar-refractivity contribution in [2.24, 2.45) is 0 Å². The van der Waals surface area contributed by atoms with Gasteiger partial charge in [0, 0.05) is 18.0 Å². The van der Waals surface area contributed by atoms with Crippen molar-refractivity contribution in [3.05, 3.63) is 23.3 Å². The number of phenols is 1. The number of nitrogens with zero attached hydrogens (tertiary/aromatic N) is 1. The lowest BCUT2D eigenvalue weighted by molar-refractivity contribution is -0.185. The number of aliphatic hydroxyl groups is 1. The van der Waals surface area contributed by atoms with Gasteiger partial charge in [-0.2, -0.15) is 0 Å². The molecule has 124 valence electrons. The number of likely N-dealkylation sites (tertiary alicyclic amines) is 1. The Morgan fingerprint density at radius 2 is 2.13 bits per heavy atom. The summed E-state index contributed by atoms with van der Waals surface area (Å²) in [5.41, 5.74) is 0.370. The number of aromatic hydroxyl groups is 1. The molecule has 1 aromatic carbocycles. The van der Waals surface area contributed by atoms with Crippen LogP contribution in [0.25, 0.3) is 0 Å². The molecule has 2 N–H and O–H groups in total. The standard InChI is InChI=1S/C17H19NO4.BrH/c1-18-7-6-16-13-9-2-3-10(19)14(13)22-15(16)11(20)4-5-17(16,21)12(18)8-9;/h2-3,12,15,19,21H,4-8H2,1H3;1H/t12-,15?,16+,17-;/m1./s1. The van der Waals surface area contributed by atoms with Gasteiger partial charge in [0.1, 0.15) is 0 Å². The maximum atomic E-state index is 12.5. The van der Waals surface area contributed by atoms with Gasteiger partial charge in [-0.1, -0.05) is 6.07 Å². The highest BCUT2D eigenvalue weighted by molar-refractivity contribution is 8.93. The van der Waals surface area contributed by atoms with Gasteiger partial charge in [0.15, 0.2) is 23.4 Å². The topological polar surface area (TPSA) is 70.0 Å². The summed E-state index contributed by atoms with van der Waals surface area (Å²) in [6.07, 6.45) is 1.61. The molecule has 5 nitrogen and oxygen atoms in total. The van der Waals surface area contributed by atoms with Crippen LogP contribution in [0.3, 0.4) is 0 Å². The van der Waals surface area contributed by atoms with Crippen molar-refractivity contribution >= 4 is 22.8 Å². The first-order chi connectivity index (χ1) is 10.5. The molecule has 2 aliphatic carbocycles. The van der Waals surface area contributed by atoms with Gasteiger partial charge in [0.05, 0.1) is 11.0 Å². The molecule has 1 saturated carbocycles. The van der Waals surface area contributed by atoms with E-state index in [4.69, 9.17) is 4.74 Å². The van der Waals surface area contributed by atoms with Gasteiger partial charge in [0.25, 0.3) is 0 Å². The summed E-state index contributed by atoms with van der Waals surface area (Å²) >= 11 is 0. The van der Waals surface area contributed by atoms with Crippen LogP contribution in [0.1, 0.15) is 30.4 Å². The molecule has 1 aromatic rings. The van der Waals surface area contributed by atoms with Crippen molar-refractivity contribution in [3.63, 3.8) is 0 Å². The number of rotatable bonds is 0. The minimum Gasteiger partial charge on any atom is -0.504 e. The number of benzene rings is 1. The van der Waals surface area contributed by atoms with Gasteiger partial charge in [-0.05, 0) is 44.5 Å². The molecule has 6 heteroatoms. The highest BCUT2D eigenvalue weighted by Crippen LogP contribution is 2.64. The number of ketones is 1. The third-order valence-corrected chi connectivity index (χ3v) is 6.53. The summed E-state index contributed by atoms with van der Waals surface area (Å²) in [6, 6.07) is 3.57. The summed E-state index contributed by atoms with van der Waals surface area (Å²) in [5, 5.41) is 21.8. The van der Waals surface area contributed by atoms with Crippen molar-refractivity contribution in [2.75, 3.05) is 13.6 Å². The molecule has 5 rings (SSSR count). The summed E-state index contributed by atoms with van der Waals surface area (Å²) in [6.45, 7) is 0.828. The molecule has 0 amide bonds. The molecule has 4 atom stereocenters. The molecule has 0 aromatic heterocycles. The summed E-state index contributed by atoms with van der Waals surface area (Å²) in [4.78, 5) is 14.7. The van der Waals surface area contributed by atoms with Crippen LogP contribution < -0.4 is 4.74 Å². The third kappa shape index (κ3) is 1.48. The van der Waals surface area contributed by atoms with Crippen molar-refractivity contribution in [1.29, 1.82) is 0 Å². The Bertz CT molecular complexity index is 723. The van der Waals surface area contributed by atoms with E-state index in [2.05, 4.69) is 4.90 Å². The Balaban J connectivity index is 0.00000135. The molecule has 1 spiro atoms. The van der Waals surface area contributed by atoms with Crippen molar-refractivity contribution < 1.29 is 19.7 Å². The van der Waals surface area contributed by atoms with E-state index in [0.29, 0.717) is 25.0 Å². The van der Waals surface area contributed by atoms with Crippen LogP contribution in [0.15, 0.2) is 12.1 Å². The second-order valence-corrected chi connectivity index (χ2v) is 7.26. The average molecular weight is 382 g/mol. The van der Waals surface area contributed by atoms with E-state index in [1.807, 2.05) is 13.1 Å². The SMILES string of the molecule is Br.CN1CC[C@]23c4c5ccc(O)c4OC2C(=O)CC[C@@]3(O)[C@H]1C5. The molecule has 2 heterocycles. The lowest BCUT2D eigenvalue weighted by Crippen LogP contribution is -2.76. The van der Waals surface area contributed by atoms with Crippen LogP contribution in [0.5, 0.6) is 11.5 Å². The monoisotopic (exact) mass is 381 g/mol. The van der Waals surface area contributed by atoms with E-state index in [0.717, 1.165) is 24.1 Å². The Labute approximate surface area is 145 Å². The van der Waals surface area contributed by atoms with Crippen LogP contribution in [-0.4, -0.2) is 52.2 Å². The number of ether oxygens (including phenoxy) is 1. The van der Waals surface area contributed by atoms with Gasteiger partial charge >= 0.3 is 0 Å². The van der Waals surface area contributed by atoms with Crippen LogP contribution in [0.2, 0.25) is 0 Å². The average Bonchev–Trinajstić information content (AvgIpc) is 2.85. The Morgan fingerprint density at radius 3 is 2.91 bits per heavy atom. The smallest absolute Gasteiger partial charge is 0.174 e. The lowest BCUT2D eigenvalue weighted by atomic mass is 9.49. The van der Waals surface area contributed by atoms with Gasteiger partial charge in [-0.3, -0.25) is 4.79 Å². The largest absolute Gasteiger partial charge is 0.504 e. The summed E-state index contributed by atoms with van der Waals surface area (Å²) in [5.74, 6) is 0.561. The maximum Gasteiger partial charge on any atom is 0.174 e. The first kappa shape index (κ1) is 15.4. The third-order valence-electron chi connectivity index (χ3n) is 6.53. The molecule has 1 unspecified atom stereocenters. The molecular weight excluding hydrogens is 362 g/mol. The number of likely N-dealkylation sites (N-methyl/N-ethyl adjacent to an activating group) is 1. The zero-order chi connectivity index (χ0) is 15.3. The molecule has 2 aliphatic heterocycles. The molecule has 23 heavy (non-hydrogen) atoms. The Morgan fingerprint density at radius 1 is 1.35 bits per heavy atom. The van der Waals surface area contributed by atoms with Crippen molar-refractivity contribution in [1.82, 2.24) is 4.90 Å². The molecular formula is C17H20BrNO4. The fourth-order valence-electron chi connectivity index (χ4n) is 5.54. The molecule has 2 fully saturated rings. The van der Waals surface area contributed by atoms with Crippen LogP contribution >= 0.6 is 17.0 Å². The van der Waals surface area contributed by atoms with Crippen LogP contribution in [0.4, 0.5) is 0 Å². The first-order valence-electron chi connectivity index (χ1n) is 7.96. The van der Waals surface area contributed by atoms with Crippen LogP contribution in [0, 0.1) is 0 Å². The van der Waals surface area contributed by atoms with Crippen LogP contribution in [-0.2, 0) is 16.6 Å². The number of carbonyl (C=O) groups excluding carboxylic acids is 1. The van der Waals surface area contributed by atoms with Gasteiger partial charge in [-0.15, -0.1) is 17.0 Å². The molecule has 4 aliphatic rings. The number of phenolic OH excluding ortho intramolecular Hbond substituents is 1. The minimum absolute atomic E-state index is 0. The Kier molecular flexibility index (Phi) is 3.01.